The van der Waals surface area contributed by atoms with Crippen molar-refractivity contribution in [3.05, 3.63) is 24.5 Å². The van der Waals surface area contributed by atoms with Gasteiger partial charge in [0.25, 0.3) is 0 Å². The Morgan fingerprint density at radius 3 is 2.17 bits per heavy atom. The molecule has 2 saturated heterocycles. The van der Waals surface area contributed by atoms with Crippen molar-refractivity contribution in [1.29, 1.82) is 0 Å². The maximum atomic E-state index is 13.1. The molecule has 4 rings (SSSR count). The van der Waals surface area contributed by atoms with Crippen LogP contribution in [0.4, 0.5) is 5.69 Å². The number of hydrogen-bond acceptors (Lipinski definition) is 5. The molecule has 0 aromatic carbocycles. The zero-order valence-electron chi connectivity index (χ0n) is 17.1. The number of amides is 1. The molecule has 7 heteroatoms. The minimum Gasteiger partial charge on any atom is -0.480 e. The summed E-state index contributed by atoms with van der Waals surface area (Å²) < 4.78 is 0. The molecule has 29 heavy (non-hydrogen) atoms. The first-order valence-electron chi connectivity index (χ1n) is 10.9. The quantitative estimate of drug-likeness (QED) is 0.834. The van der Waals surface area contributed by atoms with E-state index in [1.165, 1.54) is 5.69 Å². The van der Waals surface area contributed by atoms with Crippen molar-refractivity contribution in [1.82, 2.24) is 14.8 Å². The first kappa shape index (κ1) is 20.1. The zero-order chi connectivity index (χ0) is 20.3. The number of rotatable bonds is 4. The molecule has 3 heterocycles. The predicted octanol–water partition coefficient (Wildman–Crippen LogP) is 2.09. The summed E-state index contributed by atoms with van der Waals surface area (Å²) in [6, 6.07) is 4.06. The summed E-state index contributed by atoms with van der Waals surface area (Å²) in [5.74, 6) is -0.220. The highest BCUT2D eigenvalue weighted by atomic mass is 16.4. The maximum absolute atomic E-state index is 13.1. The molecular formula is C22H32N4O3. The van der Waals surface area contributed by atoms with Crippen molar-refractivity contribution in [3.63, 3.8) is 0 Å². The molecule has 3 aliphatic rings. The number of aromatic nitrogens is 1. The van der Waals surface area contributed by atoms with E-state index in [4.69, 9.17) is 5.11 Å². The maximum Gasteiger partial charge on any atom is 0.317 e. The van der Waals surface area contributed by atoms with Gasteiger partial charge in [-0.3, -0.25) is 19.5 Å². The molecule has 1 saturated carbocycles. The second-order valence-electron chi connectivity index (χ2n) is 8.96. The van der Waals surface area contributed by atoms with Crippen LogP contribution in [0.2, 0.25) is 0 Å². The van der Waals surface area contributed by atoms with Crippen LogP contribution in [0.1, 0.15) is 38.5 Å². The Hall–Kier alpha value is -2.15. The van der Waals surface area contributed by atoms with E-state index in [1.54, 1.807) is 0 Å². The zero-order valence-corrected chi connectivity index (χ0v) is 17.1. The van der Waals surface area contributed by atoms with Crippen molar-refractivity contribution in [2.45, 2.75) is 38.5 Å². The molecule has 1 amide bonds. The van der Waals surface area contributed by atoms with Gasteiger partial charge in [-0.1, -0.05) is 0 Å². The normalized spacial score (nSPS) is 23.3. The summed E-state index contributed by atoms with van der Waals surface area (Å²) >= 11 is 0. The monoisotopic (exact) mass is 400 g/mol. The van der Waals surface area contributed by atoms with Gasteiger partial charge in [0.05, 0.1) is 6.54 Å². The highest BCUT2D eigenvalue weighted by Crippen LogP contribution is 2.46. The molecule has 0 radical (unpaired) electrons. The summed E-state index contributed by atoms with van der Waals surface area (Å²) in [5, 5.41) is 8.98. The van der Waals surface area contributed by atoms with Crippen molar-refractivity contribution in [2.75, 3.05) is 50.7 Å². The SMILES string of the molecule is O=C(O)CN1CCC2(CCC(C(=O)N3CCN(c4ccncc4)CC3)CC2)CC1. The van der Waals surface area contributed by atoms with Gasteiger partial charge in [0, 0.05) is 50.2 Å². The average molecular weight is 401 g/mol. The van der Waals surface area contributed by atoms with Crippen LogP contribution in [0.3, 0.4) is 0 Å². The topological polar surface area (TPSA) is 77.0 Å². The number of carboxylic acid groups (broad SMARTS) is 1. The molecule has 3 fully saturated rings. The van der Waals surface area contributed by atoms with Gasteiger partial charge in [-0.2, -0.15) is 0 Å². The van der Waals surface area contributed by atoms with E-state index < -0.39 is 5.97 Å². The first-order chi connectivity index (χ1) is 14.0. The predicted molar refractivity (Wildman–Crippen MR) is 111 cm³/mol. The van der Waals surface area contributed by atoms with Gasteiger partial charge in [0.2, 0.25) is 5.91 Å². The molecule has 0 bridgehead atoms. The van der Waals surface area contributed by atoms with E-state index in [0.717, 1.165) is 77.8 Å². The highest BCUT2D eigenvalue weighted by Gasteiger charge is 2.40. The number of nitrogens with zero attached hydrogens (tertiary/aromatic N) is 4. The molecular weight excluding hydrogens is 368 g/mol. The Morgan fingerprint density at radius 1 is 0.966 bits per heavy atom. The fourth-order valence-corrected chi connectivity index (χ4v) is 5.35. The third-order valence-electron chi connectivity index (χ3n) is 7.29. The lowest BCUT2D eigenvalue weighted by molar-refractivity contribution is -0.140. The number of carbonyl (C=O) groups is 2. The molecule has 1 aromatic rings. The summed E-state index contributed by atoms with van der Waals surface area (Å²) in [6.45, 7) is 5.27. The lowest BCUT2D eigenvalue weighted by Crippen LogP contribution is -2.51. The summed E-state index contributed by atoms with van der Waals surface area (Å²) in [4.78, 5) is 34.5. The molecule has 1 aliphatic carbocycles. The van der Waals surface area contributed by atoms with Crippen molar-refractivity contribution < 1.29 is 14.7 Å². The minimum absolute atomic E-state index is 0.155. The van der Waals surface area contributed by atoms with E-state index in [1.807, 2.05) is 29.4 Å². The molecule has 1 N–H and O–H groups in total. The van der Waals surface area contributed by atoms with Gasteiger partial charge in [-0.05, 0) is 69.2 Å². The molecule has 1 aromatic heterocycles. The number of anilines is 1. The molecule has 0 unspecified atom stereocenters. The lowest BCUT2D eigenvalue weighted by atomic mass is 9.65. The third-order valence-corrected chi connectivity index (χ3v) is 7.29. The summed E-state index contributed by atoms with van der Waals surface area (Å²) in [5.41, 5.74) is 1.52. The molecule has 158 valence electrons. The number of carbonyl (C=O) groups excluding carboxylic acids is 1. The van der Waals surface area contributed by atoms with Gasteiger partial charge in [0.1, 0.15) is 0 Å². The van der Waals surface area contributed by atoms with Crippen LogP contribution in [0.25, 0.3) is 0 Å². The van der Waals surface area contributed by atoms with Gasteiger partial charge in [-0.15, -0.1) is 0 Å². The van der Waals surface area contributed by atoms with Crippen LogP contribution in [-0.4, -0.2) is 77.6 Å². The Kier molecular flexibility index (Phi) is 6.04. The van der Waals surface area contributed by atoms with Crippen LogP contribution < -0.4 is 4.90 Å². The summed E-state index contributed by atoms with van der Waals surface area (Å²) in [7, 11) is 0. The molecule has 0 atom stereocenters. The van der Waals surface area contributed by atoms with E-state index in [2.05, 4.69) is 14.8 Å². The van der Waals surface area contributed by atoms with E-state index in [-0.39, 0.29) is 12.5 Å². The van der Waals surface area contributed by atoms with E-state index >= 15 is 0 Å². The van der Waals surface area contributed by atoms with Crippen molar-refractivity contribution in [2.24, 2.45) is 11.3 Å². The Morgan fingerprint density at radius 2 is 1.59 bits per heavy atom. The average Bonchev–Trinajstić information content (AvgIpc) is 2.76. The molecule has 7 nitrogen and oxygen atoms in total. The van der Waals surface area contributed by atoms with E-state index in [0.29, 0.717) is 11.3 Å². The number of piperazine rings is 1. The molecule has 2 aliphatic heterocycles. The van der Waals surface area contributed by atoms with Crippen LogP contribution in [0.15, 0.2) is 24.5 Å². The van der Waals surface area contributed by atoms with Crippen LogP contribution in [0, 0.1) is 11.3 Å². The Labute approximate surface area is 172 Å². The van der Waals surface area contributed by atoms with Gasteiger partial charge in [-0.25, -0.2) is 0 Å². The number of hydrogen-bond donors (Lipinski definition) is 1. The minimum atomic E-state index is -0.737. The van der Waals surface area contributed by atoms with Crippen LogP contribution in [0.5, 0.6) is 0 Å². The third kappa shape index (κ3) is 4.71. The standard InChI is InChI=1S/C22H32N4O3/c27-20(28)17-24-11-7-22(8-12-24)5-1-18(2-6-22)21(29)26-15-13-25(14-16-26)19-3-9-23-10-4-19/h3-4,9-10,18H,1-2,5-8,11-17H2,(H,27,28). The number of carboxylic acids is 1. The van der Waals surface area contributed by atoms with Crippen LogP contribution in [-0.2, 0) is 9.59 Å². The fourth-order valence-electron chi connectivity index (χ4n) is 5.35. The lowest BCUT2D eigenvalue weighted by Gasteiger charge is -2.46. The number of piperidine rings is 1. The second-order valence-corrected chi connectivity index (χ2v) is 8.96. The number of aliphatic carboxylic acids is 1. The van der Waals surface area contributed by atoms with Gasteiger partial charge in [0.15, 0.2) is 0 Å². The van der Waals surface area contributed by atoms with Crippen LogP contribution >= 0.6 is 0 Å². The second kappa shape index (κ2) is 8.69. The molecule has 1 spiro atoms. The largest absolute Gasteiger partial charge is 0.480 e. The van der Waals surface area contributed by atoms with Gasteiger partial charge < -0.3 is 14.9 Å². The fraction of sp³-hybridized carbons (Fsp3) is 0.682. The van der Waals surface area contributed by atoms with Crippen molar-refractivity contribution >= 4 is 17.6 Å². The summed E-state index contributed by atoms with van der Waals surface area (Å²) in [6.07, 6.45) is 9.98. The highest BCUT2D eigenvalue weighted by molar-refractivity contribution is 5.79. The van der Waals surface area contributed by atoms with Gasteiger partial charge >= 0.3 is 5.97 Å². The number of likely N-dealkylation sites (tertiary alicyclic amines) is 1. The van der Waals surface area contributed by atoms with E-state index in [9.17, 15) is 9.59 Å². The number of pyridine rings is 1. The van der Waals surface area contributed by atoms with Crippen molar-refractivity contribution in [3.8, 4) is 0 Å². The first-order valence-corrected chi connectivity index (χ1v) is 10.9. The Balaban J connectivity index is 1.23. The smallest absolute Gasteiger partial charge is 0.317 e. The Bertz CT molecular complexity index is 700.